The van der Waals surface area contributed by atoms with Crippen LogP contribution in [0.25, 0.3) is 0 Å². The van der Waals surface area contributed by atoms with Crippen LogP contribution in [0.3, 0.4) is 0 Å². The molecule has 2 aromatic carbocycles. The molecule has 1 amide bonds. The molecule has 0 spiro atoms. The summed E-state index contributed by atoms with van der Waals surface area (Å²) in [4.78, 5) is 24.6. The van der Waals surface area contributed by atoms with Crippen LogP contribution in [0.1, 0.15) is 29.6 Å². The number of hydrogen-bond donors (Lipinski definition) is 1. The predicted octanol–water partition coefficient (Wildman–Crippen LogP) is 4.12. The molecule has 1 saturated heterocycles. The molecule has 1 aliphatic rings. The summed E-state index contributed by atoms with van der Waals surface area (Å²) < 4.78 is 27.4. The summed E-state index contributed by atoms with van der Waals surface area (Å²) in [5.41, 5.74) is -0.251. The Kier molecular flexibility index (Phi) is 5.11. The highest BCUT2D eigenvalue weighted by atomic mass is 19.1. The highest BCUT2D eigenvalue weighted by Gasteiger charge is 2.24. The average Bonchev–Trinajstić information content (AvgIpc) is 2.64. The van der Waals surface area contributed by atoms with E-state index in [0.717, 1.165) is 37.5 Å². The van der Waals surface area contributed by atoms with Gasteiger partial charge in [-0.05, 0) is 49.6 Å². The highest BCUT2D eigenvalue weighted by Crippen LogP contribution is 2.34. The minimum Gasteiger partial charge on any atom is -0.369 e. The summed E-state index contributed by atoms with van der Waals surface area (Å²) in [5, 5.41) is 13.7. The van der Waals surface area contributed by atoms with Gasteiger partial charge in [0.2, 0.25) is 0 Å². The van der Waals surface area contributed by atoms with Crippen molar-refractivity contribution < 1.29 is 18.5 Å². The number of hydrogen-bond acceptors (Lipinski definition) is 4. The van der Waals surface area contributed by atoms with E-state index in [9.17, 15) is 23.7 Å². The van der Waals surface area contributed by atoms with E-state index in [1.54, 1.807) is 0 Å². The Balaban J connectivity index is 1.94. The van der Waals surface area contributed by atoms with Gasteiger partial charge in [-0.15, -0.1) is 0 Å². The minimum atomic E-state index is -0.747. The number of nitrogens with one attached hydrogen (secondary N) is 1. The van der Waals surface area contributed by atoms with Crippen LogP contribution < -0.4 is 10.2 Å². The van der Waals surface area contributed by atoms with Crippen molar-refractivity contribution in [2.75, 3.05) is 23.3 Å². The van der Waals surface area contributed by atoms with Crippen LogP contribution in [-0.4, -0.2) is 23.9 Å². The topological polar surface area (TPSA) is 75.5 Å². The molecule has 1 aliphatic heterocycles. The van der Waals surface area contributed by atoms with Gasteiger partial charge in [0.1, 0.15) is 11.5 Å². The molecule has 0 saturated carbocycles. The summed E-state index contributed by atoms with van der Waals surface area (Å²) >= 11 is 0. The number of nitrogens with zero attached hydrogens (tertiary/aromatic N) is 2. The predicted molar refractivity (Wildman–Crippen MR) is 93.5 cm³/mol. The number of amides is 1. The zero-order chi connectivity index (χ0) is 18.7. The highest BCUT2D eigenvalue weighted by molar-refractivity contribution is 6.05. The number of carbonyl (C=O) groups is 1. The van der Waals surface area contributed by atoms with Gasteiger partial charge in [0.25, 0.3) is 11.6 Å². The Morgan fingerprint density at radius 1 is 1.08 bits per heavy atom. The van der Waals surface area contributed by atoms with Crippen LogP contribution in [-0.2, 0) is 0 Å². The van der Waals surface area contributed by atoms with Crippen molar-refractivity contribution in [1.82, 2.24) is 0 Å². The molecule has 26 heavy (non-hydrogen) atoms. The summed E-state index contributed by atoms with van der Waals surface area (Å²) in [7, 11) is 0. The first-order valence-electron chi connectivity index (χ1n) is 8.25. The molecule has 0 unspecified atom stereocenters. The number of benzene rings is 2. The Morgan fingerprint density at radius 3 is 2.35 bits per heavy atom. The number of piperidine rings is 1. The molecular formula is C18H17F2N3O3. The zero-order valence-electron chi connectivity index (χ0n) is 13.9. The number of anilines is 2. The van der Waals surface area contributed by atoms with Crippen LogP contribution in [0.4, 0.5) is 25.8 Å². The second kappa shape index (κ2) is 7.47. The van der Waals surface area contributed by atoms with Gasteiger partial charge >= 0.3 is 0 Å². The monoisotopic (exact) mass is 361 g/mol. The van der Waals surface area contributed by atoms with Crippen LogP contribution in [0.5, 0.6) is 0 Å². The van der Waals surface area contributed by atoms with E-state index in [1.807, 2.05) is 4.90 Å². The minimum absolute atomic E-state index is 0.0914. The molecule has 1 heterocycles. The lowest BCUT2D eigenvalue weighted by molar-refractivity contribution is -0.384. The second-order valence-corrected chi connectivity index (χ2v) is 6.09. The largest absolute Gasteiger partial charge is 0.369 e. The van der Waals surface area contributed by atoms with Gasteiger partial charge in [-0.25, -0.2) is 8.78 Å². The van der Waals surface area contributed by atoms with Crippen molar-refractivity contribution in [2.24, 2.45) is 0 Å². The van der Waals surface area contributed by atoms with Crippen molar-refractivity contribution in [1.29, 1.82) is 0 Å². The molecule has 2 aromatic rings. The molecule has 6 nitrogen and oxygen atoms in total. The normalized spacial score (nSPS) is 14.2. The lowest BCUT2D eigenvalue weighted by Gasteiger charge is -2.29. The van der Waals surface area contributed by atoms with Gasteiger partial charge < -0.3 is 10.2 Å². The summed E-state index contributed by atoms with van der Waals surface area (Å²) in [6.07, 6.45) is 2.88. The fourth-order valence-electron chi connectivity index (χ4n) is 2.98. The molecule has 0 radical (unpaired) electrons. The molecule has 0 atom stereocenters. The van der Waals surface area contributed by atoms with E-state index in [1.165, 1.54) is 18.2 Å². The molecular weight excluding hydrogens is 344 g/mol. The van der Waals surface area contributed by atoms with E-state index < -0.39 is 28.2 Å². The maximum absolute atomic E-state index is 14.4. The van der Waals surface area contributed by atoms with E-state index in [4.69, 9.17) is 0 Å². The molecule has 8 heteroatoms. The molecule has 0 aliphatic carbocycles. The Labute approximate surface area is 148 Å². The first-order valence-corrected chi connectivity index (χ1v) is 8.25. The first-order chi connectivity index (χ1) is 12.5. The van der Waals surface area contributed by atoms with Gasteiger partial charge in [-0.1, -0.05) is 0 Å². The van der Waals surface area contributed by atoms with Crippen LogP contribution >= 0.6 is 0 Å². The van der Waals surface area contributed by atoms with Crippen molar-refractivity contribution in [3.05, 3.63) is 63.7 Å². The number of carbonyl (C=O) groups excluding carboxylic acids is 1. The quantitative estimate of drug-likeness (QED) is 0.657. The third-order valence-electron chi connectivity index (χ3n) is 4.31. The zero-order valence-corrected chi connectivity index (χ0v) is 13.9. The first kappa shape index (κ1) is 17.8. The fraction of sp³-hybridized carbons (Fsp3) is 0.278. The van der Waals surface area contributed by atoms with Crippen molar-refractivity contribution in [3.8, 4) is 0 Å². The van der Waals surface area contributed by atoms with Gasteiger partial charge in [0.15, 0.2) is 5.82 Å². The SMILES string of the molecule is O=C(Nc1cc(N2CCCCC2)c(F)cc1[N+](=O)[O-])c1ccc(F)cc1. The molecule has 136 valence electrons. The summed E-state index contributed by atoms with van der Waals surface area (Å²) in [6, 6.07) is 6.89. The van der Waals surface area contributed by atoms with E-state index in [2.05, 4.69) is 5.32 Å². The Bertz CT molecular complexity index is 834. The molecule has 1 fully saturated rings. The van der Waals surface area contributed by atoms with E-state index >= 15 is 0 Å². The van der Waals surface area contributed by atoms with Crippen molar-refractivity contribution in [2.45, 2.75) is 19.3 Å². The maximum Gasteiger partial charge on any atom is 0.295 e. The van der Waals surface area contributed by atoms with Crippen LogP contribution in [0.15, 0.2) is 36.4 Å². The van der Waals surface area contributed by atoms with Crippen LogP contribution in [0, 0.1) is 21.7 Å². The Morgan fingerprint density at radius 2 is 1.73 bits per heavy atom. The fourth-order valence-corrected chi connectivity index (χ4v) is 2.98. The van der Waals surface area contributed by atoms with E-state index in [-0.39, 0.29) is 16.9 Å². The molecule has 0 bridgehead atoms. The molecule has 0 aromatic heterocycles. The summed E-state index contributed by atoms with van der Waals surface area (Å²) in [6.45, 7) is 1.31. The number of nitro groups is 1. The third-order valence-corrected chi connectivity index (χ3v) is 4.31. The van der Waals surface area contributed by atoms with Crippen molar-refractivity contribution in [3.63, 3.8) is 0 Å². The van der Waals surface area contributed by atoms with Gasteiger partial charge in [0, 0.05) is 18.7 Å². The lowest BCUT2D eigenvalue weighted by atomic mass is 10.1. The second-order valence-electron chi connectivity index (χ2n) is 6.09. The number of rotatable bonds is 4. The molecule has 3 rings (SSSR count). The van der Waals surface area contributed by atoms with Gasteiger partial charge in [0.05, 0.1) is 16.7 Å². The van der Waals surface area contributed by atoms with Gasteiger partial charge in [-0.2, -0.15) is 0 Å². The lowest BCUT2D eigenvalue weighted by Crippen LogP contribution is -2.30. The number of halogens is 2. The van der Waals surface area contributed by atoms with Gasteiger partial charge in [-0.3, -0.25) is 14.9 Å². The van der Waals surface area contributed by atoms with E-state index in [0.29, 0.717) is 13.1 Å². The molecule has 1 N–H and O–H groups in total. The third kappa shape index (κ3) is 3.79. The number of nitro benzene ring substituents is 1. The Hall–Kier alpha value is -3.03. The maximum atomic E-state index is 14.4. The van der Waals surface area contributed by atoms with Crippen molar-refractivity contribution >= 4 is 23.0 Å². The smallest absolute Gasteiger partial charge is 0.295 e. The standard InChI is InChI=1S/C18H17F2N3O3/c19-13-6-4-12(5-7-13)18(24)21-15-11-16(22-8-2-1-3-9-22)14(20)10-17(15)23(25)26/h4-7,10-11H,1-3,8-9H2,(H,21,24). The van der Waals surface area contributed by atoms with Crippen LogP contribution in [0.2, 0.25) is 0 Å². The summed E-state index contributed by atoms with van der Waals surface area (Å²) in [5.74, 6) is -1.83. The average molecular weight is 361 g/mol.